The molecule has 8 nitrogen and oxygen atoms in total. The summed E-state index contributed by atoms with van der Waals surface area (Å²) in [5.74, 6) is 2.05. The molecule has 35 heavy (non-hydrogen) atoms. The quantitative estimate of drug-likeness (QED) is 0.304. The minimum absolute atomic E-state index is 0.0870. The van der Waals surface area contributed by atoms with Crippen molar-refractivity contribution in [3.8, 4) is 11.4 Å². The summed E-state index contributed by atoms with van der Waals surface area (Å²) < 4.78 is 11.1. The number of amides is 1. The van der Waals surface area contributed by atoms with E-state index < -0.39 is 0 Å². The van der Waals surface area contributed by atoms with Gasteiger partial charge < -0.3 is 19.5 Å². The van der Waals surface area contributed by atoms with Crippen molar-refractivity contribution in [3.63, 3.8) is 0 Å². The van der Waals surface area contributed by atoms with Crippen LogP contribution in [0.25, 0.3) is 22.4 Å². The van der Waals surface area contributed by atoms with Crippen LogP contribution in [0.4, 0.5) is 5.82 Å². The number of aromatic nitrogens is 2. The number of carbonyl (C=O) groups excluding carboxylic acids is 1. The standard InChI is InChI=1S/C27H33N5O3/c1-4-5-7-20-15-25(29-16-26(33)28-11-12-32(3)17-21-8-6-13-34-21)31-27(30-20)23-18-35-24-10-9-19(2)14-22(23)24/h6,8-10,13-15,18H,4-5,7,11-12,16-17H2,1-3H3,(H,28,33)(H,29,30,31). The predicted molar refractivity (Wildman–Crippen MR) is 137 cm³/mol. The van der Waals surface area contributed by atoms with E-state index in [-0.39, 0.29) is 12.5 Å². The summed E-state index contributed by atoms with van der Waals surface area (Å²) in [7, 11) is 1.99. The van der Waals surface area contributed by atoms with E-state index in [4.69, 9.17) is 18.8 Å². The molecule has 0 bridgehead atoms. The van der Waals surface area contributed by atoms with Crippen molar-refractivity contribution in [2.75, 3.05) is 32.0 Å². The molecular formula is C27H33N5O3. The van der Waals surface area contributed by atoms with E-state index in [0.29, 0.717) is 24.7 Å². The minimum Gasteiger partial charge on any atom is -0.468 e. The molecule has 0 saturated heterocycles. The number of hydrogen-bond donors (Lipinski definition) is 2. The third kappa shape index (κ3) is 6.70. The fourth-order valence-corrected chi connectivity index (χ4v) is 3.88. The van der Waals surface area contributed by atoms with Gasteiger partial charge in [-0.3, -0.25) is 9.69 Å². The Labute approximate surface area is 205 Å². The molecule has 0 unspecified atom stereocenters. The molecule has 0 fully saturated rings. The van der Waals surface area contributed by atoms with E-state index in [9.17, 15) is 4.79 Å². The Morgan fingerprint density at radius 2 is 2.03 bits per heavy atom. The van der Waals surface area contributed by atoms with Gasteiger partial charge in [-0.2, -0.15) is 0 Å². The van der Waals surface area contributed by atoms with E-state index in [1.165, 1.54) is 0 Å². The second-order valence-corrected chi connectivity index (χ2v) is 8.84. The van der Waals surface area contributed by atoms with Gasteiger partial charge in [-0.25, -0.2) is 9.97 Å². The van der Waals surface area contributed by atoms with Crippen LogP contribution in [0.15, 0.2) is 57.8 Å². The first-order valence-corrected chi connectivity index (χ1v) is 12.1. The van der Waals surface area contributed by atoms with Gasteiger partial charge >= 0.3 is 0 Å². The largest absolute Gasteiger partial charge is 0.468 e. The lowest BCUT2D eigenvalue weighted by molar-refractivity contribution is -0.119. The molecule has 0 saturated carbocycles. The van der Waals surface area contributed by atoms with Crippen LogP contribution in [0.2, 0.25) is 0 Å². The molecule has 0 atom stereocenters. The normalized spacial score (nSPS) is 11.3. The first-order valence-electron chi connectivity index (χ1n) is 12.1. The number of aryl methyl sites for hydroxylation is 2. The van der Waals surface area contributed by atoms with Crippen molar-refractivity contribution in [2.45, 2.75) is 39.7 Å². The Morgan fingerprint density at radius 1 is 1.14 bits per heavy atom. The lowest BCUT2D eigenvalue weighted by Crippen LogP contribution is -2.36. The van der Waals surface area contributed by atoms with Crippen LogP contribution in [-0.2, 0) is 17.8 Å². The number of likely N-dealkylation sites (N-methyl/N-ethyl adjacent to an activating group) is 1. The van der Waals surface area contributed by atoms with Gasteiger partial charge in [0.2, 0.25) is 5.91 Å². The van der Waals surface area contributed by atoms with Crippen molar-refractivity contribution >= 4 is 22.7 Å². The van der Waals surface area contributed by atoms with Gasteiger partial charge in [0, 0.05) is 30.2 Å². The summed E-state index contributed by atoms with van der Waals surface area (Å²) in [6, 6.07) is 11.8. The van der Waals surface area contributed by atoms with Gasteiger partial charge in [0.15, 0.2) is 5.82 Å². The zero-order valence-corrected chi connectivity index (χ0v) is 20.6. The highest BCUT2D eigenvalue weighted by molar-refractivity contribution is 5.92. The highest BCUT2D eigenvalue weighted by Gasteiger charge is 2.14. The van der Waals surface area contributed by atoms with Crippen molar-refractivity contribution < 1.29 is 13.6 Å². The maximum Gasteiger partial charge on any atom is 0.239 e. The summed E-state index contributed by atoms with van der Waals surface area (Å²) in [6.07, 6.45) is 6.33. The van der Waals surface area contributed by atoms with Crippen LogP contribution in [-0.4, -0.2) is 47.5 Å². The fourth-order valence-electron chi connectivity index (χ4n) is 3.88. The van der Waals surface area contributed by atoms with Crippen molar-refractivity contribution in [3.05, 3.63) is 65.9 Å². The summed E-state index contributed by atoms with van der Waals surface area (Å²) in [5, 5.41) is 7.11. The Hall–Kier alpha value is -3.65. The van der Waals surface area contributed by atoms with Crippen molar-refractivity contribution in [1.29, 1.82) is 0 Å². The van der Waals surface area contributed by atoms with Gasteiger partial charge in [0.1, 0.15) is 23.4 Å². The fraction of sp³-hybridized carbons (Fsp3) is 0.370. The molecule has 0 spiro atoms. The highest BCUT2D eigenvalue weighted by atomic mass is 16.3. The number of nitrogens with one attached hydrogen (secondary N) is 2. The van der Waals surface area contributed by atoms with E-state index in [2.05, 4.69) is 35.4 Å². The molecule has 4 rings (SSSR count). The Kier molecular flexibility index (Phi) is 8.15. The van der Waals surface area contributed by atoms with Crippen LogP contribution in [0.3, 0.4) is 0 Å². The first kappa shape index (κ1) is 24.5. The zero-order valence-electron chi connectivity index (χ0n) is 20.6. The maximum absolute atomic E-state index is 12.4. The molecule has 1 aromatic carbocycles. The number of hydrogen-bond acceptors (Lipinski definition) is 7. The number of anilines is 1. The summed E-state index contributed by atoms with van der Waals surface area (Å²) >= 11 is 0. The van der Waals surface area contributed by atoms with Gasteiger partial charge in [0.25, 0.3) is 0 Å². The third-order valence-electron chi connectivity index (χ3n) is 5.79. The lowest BCUT2D eigenvalue weighted by atomic mass is 10.1. The number of carbonyl (C=O) groups is 1. The number of benzene rings is 1. The molecule has 2 N–H and O–H groups in total. The SMILES string of the molecule is CCCCc1cc(NCC(=O)NCCN(C)Cc2ccco2)nc(-c2coc3ccc(C)cc23)n1. The Balaban J connectivity index is 1.39. The average Bonchev–Trinajstić information content (AvgIpc) is 3.51. The van der Waals surface area contributed by atoms with Crippen LogP contribution < -0.4 is 10.6 Å². The number of rotatable bonds is 12. The topological polar surface area (TPSA) is 96.4 Å². The van der Waals surface area contributed by atoms with Crippen molar-refractivity contribution in [1.82, 2.24) is 20.2 Å². The van der Waals surface area contributed by atoms with E-state index in [1.54, 1.807) is 12.5 Å². The van der Waals surface area contributed by atoms with Crippen LogP contribution in [0.1, 0.15) is 36.8 Å². The van der Waals surface area contributed by atoms with Gasteiger partial charge in [-0.05, 0) is 51.1 Å². The van der Waals surface area contributed by atoms with E-state index in [0.717, 1.165) is 59.4 Å². The molecule has 1 amide bonds. The number of furan rings is 2. The molecular weight excluding hydrogens is 442 g/mol. The molecule has 0 aliphatic rings. The van der Waals surface area contributed by atoms with Crippen LogP contribution >= 0.6 is 0 Å². The highest BCUT2D eigenvalue weighted by Crippen LogP contribution is 2.30. The molecule has 4 aromatic rings. The summed E-state index contributed by atoms with van der Waals surface area (Å²) in [6.45, 7) is 6.32. The molecule has 0 radical (unpaired) electrons. The number of nitrogens with zero attached hydrogens (tertiary/aromatic N) is 3. The monoisotopic (exact) mass is 475 g/mol. The molecule has 0 aliphatic heterocycles. The minimum atomic E-state index is -0.0870. The van der Waals surface area contributed by atoms with E-state index in [1.807, 2.05) is 37.4 Å². The maximum atomic E-state index is 12.4. The average molecular weight is 476 g/mol. The second-order valence-electron chi connectivity index (χ2n) is 8.84. The lowest BCUT2D eigenvalue weighted by Gasteiger charge is -2.15. The van der Waals surface area contributed by atoms with Crippen LogP contribution in [0.5, 0.6) is 0 Å². The number of unbranched alkanes of at least 4 members (excludes halogenated alkanes) is 1. The molecule has 0 aliphatic carbocycles. The molecule has 3 heterocycles. The molecule has 184 valence electrons. The summed E-state index contributed by atoms with van der Waals surface area (Å²) in [4.78, 5) is 24.0. The van der Waals surface area contributed by atoms with Gasteiger partial charge in [-0.1, -0.05) is 25.0 Å². The zero-order chi connectivity index (χ0) is 24.6. The Bertz CT molecular complexity index is 1250. The Morgan fingerprint density at radius 3 is 2.83 bits per heavy atom. The van der Waals surface area contributed by atoms with Gasteiger partial charge in [0.05, 0.1) is 24.9 Å². The predicted octanol–water partition coefficient (Wildman–Crippen LogP) is 4.79. The molecule has 8 heteroatoms. The second kappa shape index (κ2) is 11.7. The summed E-state index contributed by atoms with van der Waals surface area (Å²) in [5.41, 5.74) is 3.75. The first-order chi connectivity index (χ1) is 17.0. The number of fused-ring (bicyclic) bond motifs is 1. The van der Waals surface area contributed by atoms with Crippen LogP contribution in [0, 0.1) is 6.92 Å². The van der Waals surface area contributed by atoms with E-state index >= 15 is 0 Å². The molecule has 3 aromatic heterocycles. The third-order valence-corrected chi connectivity index (χ3v) is 5.79. The van der Waals surface area contributed by atoms with Gasteiger partial charge in [-0.15, -0.1) is 0 Å². The smallest absolute Gasteiger partial charge is 0.239 e. The van der Waals surface area contributed by atoms with Crippen molar-refractivity contribution in [2.24, 2.45) is 0 Å².